The number of aliphatic hydroxyl groups is 1. The molecule has 0 spiro atoms. The van der Waals surface area contributed by atoms with Crippen LogP contribution >= 0.6 is 0 Å². The average molecular weight is 171 g/mol. The van der Waals surface area contributed by atoms with Gasteiger partial charge in [0.1, 0.15) is 0 Å². The molecule has 1 atom stereocenters. The molecule has 1 unspecified atom stereocenters. The molecule has 0 aromatic heterocycles. The van der Waals surface area contributed by atoms with E-state index in [1.165, 1.54) is 25.9 Å². The van der Waals surface area contributed by atoms with E-state index in [2.05, 4.69) is 11.8 Å². The smallest absolute Gasteiger partial charge is 0.0718 e. The van der Waals surface area contributed by atoms with Crippen LogP contribution in [0.25, 0.3) is 0 Å². The van der Waals surface area contributed by atoms with Crippen LogP contribution in [0.1, 0.15) is 33.6 Å². The number of likely N-dealkylation sites (tertiary alicyclic amines) is 1. The minimum Gasteiger partial charge on any atom is -0.389 e. The van der Waals surface area contributed by atoms with Gasteiger partial charge in [-0.2, -0.15) is 0 Å². The van der Waals surface area contributed by atoms with Crippen molar-refractivity contribution >= 4 is 0 Å². The van der Waals surface area contributed by atoms with Gasteiger partial charge < -0.3 is 10.0 Å². The predicted molar refractivity (Wildman–Crippen MR) is 51.1 cm³/mol. The quantitative estimate of drug-likeness (QED) is 0.695. The topological polar surface area (TPSA) is 23.5 Å². The van der Waals surface area contributed by atoms with Crippen molar-refractivity contribution < 1.29 is 5.11 Å². The number of hydrogen-bond acceptors (Lipinski definition) is 2. The van der Waals surface area contributed by atoms with Crippen LogP contribution in [0.3, 0.4) is 0 Å². The van der Waals surface area contributed by atoms with Crippen LogP contribution in [0, 0.1) is 5.92 Å². The molecule has 2 heteroatoms. The highest BCUT2D eigenvalue weighted by Crippen LogP contribution is 2.20. The van der Waals surface area contributed by atoms with Gasteiger partial charge in [-0.1, -0.05) is 13.3 Å². The maximum atomic E-state index is 9.60. The first-order chi connectivity index (χ1) is 5.51. The zero-order valence-corrected chi connectivity index (χ0v) is 8.51. The Morgan fingerprint density at radius 1 is 1.50 bits per heavy atom. The minimum atomic E-state index is -0.525. The standard InChI is InChI=1S/C10H21NO/c1-4-9-5-6-11(7-9)8-10(2,3)12/h9,12H,4-8H2,1-3H3. The van der Waals surface area contributed by atoms with E-state index in [4.69, 9.17) is 0 Å². The summed E-state index contributed by atoms with van der Waals surface area (Å²) in [6.45, 7) is 9.18. The Balaban J connectivity index is 2.28. The molecule has 72 valence electrons. The van der Waals surface area contributed by atoms with Gasteiger partial charge in [0.25, 0.3) is 0 Å². The highest BCUT2D eigenvalue weighted by atomic mass is 16.3. The highest BCUT2D eigenvalue weighted by Gasteiger charge is 2.25. The Kier molecular flexibility index (Phi) is 3.13. The third kappa shape index (κ3) is 3.11. The van der Waals surface area contributed by atoms with E-state index in [0.29, 0.717) is 0 Å². The highest BCUT2D eigenvalue weighted by molar-refractivity contribution is 4.79. The fourth-order valence-corrected chi connectivity index (χ4v) is 1.94. The molecule has 1 heterocycles. The van der Waals surface area contributed by atoms with Crippen LogP contribution in [-0.2, 0) is 0 Å². The maximum Gasteiger partial charge on any atom is 0.0718 e. The fourth-order valence-electron chi connectivity index (χ4n) is 1.94. The fraction of sp³-hybridized carbons (Fsp3) is 1.00. The summed E-state index contributed by atoms with van der Waals surface area (Å²) in [6.07, 6.45) is 2.59. The Morgan fingerprint density at radius 3 is 2.58 bits per heavy atom. The van der Waals surface area contributed by atoms with E-state index in [-0.39, 0.29) is 0 Å². The van der Waals surface area contributed by atoms with Crippen molar-refractivity contribution in [2.45, 2.75) is 39.2 Å². The van der Waals surface area contributed by atoms with Gasteiger partial charge in [0.2, 0.25) is 0 Å². The van der Waals surface area contributed by atoms with Crippen LogP contribution in [0.4, 0.5) is 0 Å². The summed E-state index contributed by atoms with van der Waals surface area (Å²) in [5.74, 6) is 0.868. The normalized spacial score (nSPS) is 26.5. The lowest BCUT2D eigenvalue weighted by atomic mass is 10.1. The van der Waals surface area contributed by atoms with Crippen molar-refractivity contribution in [1.82, 2.24) is 4.90 Å². The summed E-state index contributed by atoms with van der Waals surface area (Å²) in [5.41, 5.74) is -0.525. The molecule has 1 aliphatic heterocycles. The first kappa shape index (κ1) is 10.0. The summed E-state index contributed by atoms with van der Waals surface area (Å²) in [4.78, 5) is 2.37. The first-order valence-electron chi connectivity index (χ1n) is 4.96. The molecular weight excluding hydrogens is 150 g/mol. The Bertz CT molecular complexity index is 139. The molecule has 2 nitrogen and oxygen atoms in total. The van der Waals surface area contributed by atoms with Gasteiger partial charge in [-0.25, -0.2) is 0 Å². The van der Waals surface area contributed by atoms with Crippen molar-refractivity contribution in [3.05, 3.63) is 0 Å². The van der Waals surface area contributed by atoms with Crippen molar-refractivity contribution in [3.8, 4) is 0 Å². The second-order valence-electron chi connectivity index (χ2n) is 4.61. The van der Waals surface area contributed by atoms with Gasteiger partial charge in [0.05, 0.1) is 5.60 Å². The minimum absolute atomic E-state index is 0.525. The molecule has 0 aromatic rings. The summed E-state index contributed by atoms with van der Waals surface area (Å²) < 4.78 is 0. The van der Waals surface area contributed by atoms with Gasteiger partial charge in [0.15, 0.2) is 0 Å². The molecule has 12 heavy (non-hydrogen) atoms. The van der Waals surface area contributed by atoms with E-state index in [1.807, 2.05) is 13.8 Å². The molecule has 1 rings (SSSR count). The van der Waals surface area contributed by atoms with Gasteiger partial charge in [-0.3, -0.25) is 0 Å². The molecule has 0 amide bonds. The van der Waals surface area contributed by atoms with E-state index in [9.17, 15) is 5.11 Å². The van der Waals surface area contributed by atoms with Crippen LogP contribution in [0.15, 0.2) is 0 Å². The molecular formula is C10H21NO. The molecule has 0 bridgehead atoms. The van der Waals surface area contributed by atoms with Crippen LogP contribution in [0.2, 0.25) is 0 Å². The molecule has 1 aliphatic rings. The molecule has 0 aliphatic carbocycles. The van der Waals surface area contributed by atoms with Gasteiger partial charge in [-0.05, 0) is 32.7 Å². The van der Waals surface area contributed by atoms with Crippen molar-refractivity contribution in [2.24, 2.45) is 5.92 Å². The maximum absolute atomic E-state index is 9.60. The Morgan fingerprint density at radius 2 is 2.17 bits per heavy atom. The van der Waals surface area contributed by atoms with Gasteiger partial charge >= 0.3 is 0 Å². The summed E-state index contributed by atoms with van der Waals surface area (Å²) in [6, 6.07) is 0. The van der Waals surface area contributed by atoms with Crippen LogP contribution in [-0.4, -0.2) is 35.2 Å². The Hall–Kier alpha value is -0.0800. The van der Waals surface area contributed by atoms with Gasteiger partial charge in [0, 0.05) is 13.1 Å². The molecule has 0 aromatic carbocycles. The largest absolute Gasteiger partial charge is 0.389 e. The number of β-amino-alcohol motifs (C(OH)–C–C–N with tert-alkyl or cyclic N) is 1. The summed E-state index contributed by atoms with van der Waals surface area (Å²) in [7, 11) is 0. The predicted octanol–water partition coefficient (Wildman–Crippen LogP) is 1.49. The molecule has 1 fully saturated rings. The lowest BCUT2D eigenvalue weighted by molar-refractivity contribution is 0.0428. The lowest BCUT2D eigenvalue weighted by Crippen LogP contribution is -2.37. The van der Waals surface area contributed by atoms with Crippen molar-refractivity contribution in [3.63, 3.8) is 0 Å². The van der Waals surface area contributed by atoms with Crippen LogP contribution < -0.4 is 0 Å². The SMILES string of the molecule is CCC1CCN(CC(C)(C)O)C1. The summed E-state index contributed by atoms with van der Waals surface area (Å²) >= 11 is 0. The zero-order valence-electron chi connectivity index (χ0n) is 8.51. The summed E-state index contributed by atoms with van der Waals surface area (Å²) in [5, 5.41) is 9.60. The lowest BCUT2D eigenvalue weighted by Gasteiger charge is -2.24. The van der Waals surface area contributed by atoms with Crippen LogP contribution in [0.5, 0.6) is 0 Å². The number of hydrogen-bond donors (Lipinski definition) is 1. The number of rotatable bonds is 3. The Labute approximate surface area is 75.6 Å². The molecule has 1 saturated heterocycles. The van der Waals surface area contributed by atoms with Gasteiger partial charge in [-0.15, -0.1) is 0 Å². The molecule has 0 radical (unpaired) electrons. The monoisotopic (exact) mass is 171 g/mol. The van der Waals surface area contributed by atoms with E-state index in [1.54, 1.807) is 0 Å². The van der Waals surface area contributed by atoms with Crippen molar-refractivity contribution in [2.75, 3.05) is 19.6 Å². The molecule has 0 saturated carbocycles. The van der Waals surface area contributed by atoms with Crippen molar-refractivity contribution in [1.29, 1.82) is 0 Å². The number of nitrogens with zero attached hydrogens (tertiary/aromatic N) is 1. The van der Waals surface area contributed by atoms with E-state index >= 15 is 0 Å². The second-order valence-corrected chi connectivity index (χ2v) is 4.61. The third-order valence-corrected chi connectivity index (χ3v) is 2.56. The molecule has 1 N–H and O–H groups in total. The second kappa shape index (κ2) is 3.75. The zero-order chi connectivity index (χ0) is 9.19. The van der Waals surface area contributed by atoms with E-state index < -0.39 is 5.60 Å². The average Bonchev–Trinajstić information content (AvgIpc) is 2.32. The third-order valence-electron chi connectivity index (χ3n) is 2.56. The van der Waals surface area contributed by atoms with E-state index in [0.717, 1.165) is 12.5 Å². The first-order valence-corrected chi connectivity index (χ1v) is 4.96.